The van der Waals surface area contributed by atoms with Crippen LogP contribution in [-0.2, 0) is 0 Å². The summed E-state index contributed by atoms with van der Waals surface area (Å²) in [4.78, 5) is 4.10. The van der Waals surface area contributed by atoms with Crippen molar-refractivity contribution in [1.82, 2.24) is 4.98 Å². The van der Waals surface area contributed by atoms with Crippen molar-refractivity contribution in [3.63, 3.8) is 0 Å². The average molecular weight is 219 g/mol. The molecule has 0 spiro atoms. The van der Waals surface area contributed by atoms with Gasteiger partial charge in [0.25, 0.3) is 0 Å². The number of anilines is 1. The Balaban J connectivity index is 2.55. The van der Waals surface area contributed by atoms with Crippen LogP contribution in [0.1, 0.15) is 5.56 Å². The van der Waals surface area contributed by atoms with Gasteiger partial charge in [-0.2, -0.15) is 0 Å². The second kappa shape index (κ2) is 3.91. The van der Waals surface area contributed by atoms with Gasteiger partial charge in [-0.25, -0.2) is 0 Å². The average Bonchev–Trinajstić information content (AvgIpc) is 2.23. The third kappa shape index (κ3) is 1.95. The molecule has 0 aliphatic heterocycles. The summed E-state index contributed by atoms with van der Waals surface area (Å²) in [7, 11) is 0. The molecule has 0 atom stereocenters. The molecule has 0 bridgehead atoms. The highest BCUT2D eigenvalue weighted by Crippen LogP contribution is 2.27. The van der Waals surface area contributed by atoms with Crippen LogP contribution in [0.15, 0.2) is 36.7 Å². The molecule has 1 heterocycles. The first-order valence-electron chi connectivity index (χ1n) is 4.64. The highest BCUT2D eigenvalue weighted by molar-refractivity contribution is 6.33. The maximum atomic E-state index is 5.87. The Kier molecular flexibility index (Phi) is 2.60. The number of hydrogen-bond acceptors (Lipinski definition) is 2. The number of aryl methyl sites for hydroxylation is 1. The molecule has 0 aliphatic carbocycles. The molecule has 2 nitrogen and oxygen atoms in total. The second-order valence-corrected chi connectivity index (χ2v) is 3.83. The van der Waals surface area contributed by atoms with Gasteiger partial charge in [0.05, 0.1) is 10.7 Å². The van der Waals surface area contributed by atoms with Crippen molar-refractivity contribution in [3.05, 3.63) is 47.2 Å². The Labute approximate surface area is 93.7 Å². The van der Waals surface area contributed by atoms with Crippen molar-refractivity contribution in [3.8, 4) is 11.1 Å². The topological polar surface area (TPSA) is 38.9 Å². The molecule has 3 heteroatoms. The number of pyridine rings is 1. The zero-order valence-electron chi connectivity index (χ0n) is 8.37. The molecule has 15 heavy (non-hydrogen) atoms. The van der Waals surface area contributed by atoms with Gasteiger partial charge in [-0.1, -0.05) is 17.7 Å². The fourth-order valence-electron chi connectivity index (χ4n) is 1.48. The number of halogens is 1. The summed E-state index contributed by atoms with van der Waals surface area (Å²) in [5, 5.41) is 0.584. The number of rotatable bonds is 1. The monoisotopic (exact) mass is 218 g/mol. The van der Waals surface area contributed by atoms with Crippen LogP contribution in [0.4, 0.5) is 5.69 Å². The first kappa shape index (κ1) is 9.99. The maximum absolute atomic E-state index is 5.87. The van der Waals surface area contributed by atoms with Crippen molar-refractivity contribution in [2.24, 2.45) is 0 Å². The largest absolute Gasteiger partial charge is 0.398 e. The smallest absolute Gasteiger partial charge is 0.0635 e. The molecule has 2 rings (SSSR count). The summed E-state index contributed by atoms with van der Waals surface area (Å²) in [6, 6.07) is 7.59. The van der Waals surface area contributed by atoms with Crippen LogP contribution >= 0.6 is 11.6 Å². The van der Waals surface area contributed by atoms with E-state index in [0.717, 1.165) is 11.1 Å². The molecular weight excluding hydrogens is 208 g/mol. The summed E-state index contributed by atoms with van der Waals surface area (Å²) >= 11 is 5.87. The van der Waals surface area contributed by atoms with Crippen LogP contribution in [0.25, 0.3) is 11.1 Å². The van der Waals surface area contributed by atoms with E-state index in [2.05, 4.69) is 4.98 Å². The molecule has 1 aromatic carbocycles. The molecule has 0 radical (unpaired) electrons. The minimum Gasteiger partial charge on any atom is -0.398 e. The predicted molar refractivity (Wildman–Crippen MR) is 63.8 cm³/mol. The molecule has 0 saturated carbocycles. The number of nitrogens with zero attached hydrogens (tertiary/aromatic N) is 1. The Morgan fingerprint density at radius 3 is 2.73 bits per heavy atom. The molecule has 0 saturated heterocycles. The SMILES string of the molecule is Cc1ccncc1-c1ccc(Cl)c(N)c1. The second-order valence-electron chi connectivity index (χ2n) is 3.43. The Morgan fingerprint density at radius 1 is 1.27 bits per heavy atom. The predicted octanol–water partition coefficient (Wildman–Crippen LogP) is 3.29. The van der Waals surface area contributed by atoms with Crippen LogP contribution < -0.4 is 5.73 Å². The van der Waals surface area contributed by atoms with E-state index in [4.69, 9.17) is 17.3 Å². The number of hydrogen-bond donors (Lipinski definition) is 1. The first-order chi connectivity index (χ1) is 7.18. The number of aromatic nitrogens is 1. The van der Waals surface area contributed by atoms with Crippen molar-refractivity contribution < 1.29 is 0 Å². The molecule has 0 amide bonds. The van der Waals surface area contributed by atoms with E-state index in [0.29, 0.717) is 10.7 Å². The standard InChI is InChI=1S/C12H11ClN2/c1-8-4-5-15-7-10(8)9-2-3-11(13)12(14)6-9/h2-7H,14H2,1H3. The van der Waals surface area contributed by atoms with Gasteiger partial charge in [0.15, 0.2) is 0 Å². The highest BCUT2D eigenvalue weighted by atomic mass is 35.5. The van der Waals surface area contributed by atoms with Gasteiger partial charge in [0, 0.05) is 18.0 Å². The van der Waals surface area contributed by atoms with Gasteiger partial charge in [-0.15, -0.1) is 0 Å². The van der Waals surface area contributed by atoms with Crippen LogP contribution in [0.5, 0.6) is 0 Å². The van der Waals surface area contributed by atoms with Crippen molar-refractivity contribution in [2.75, 3.05) is 5.73 Å². The van der Waals surface area contributed by atoms with Crippen molar-refractivity contribution in [2.45, 2.75) is 6.92 Å². The van der Waals surface area contributed by atoms with E-state index in [9.17, 15) is 0 Å². The van der Waals surface area contributed by atoms with Crippen LogP contribution in [-0.4, -0.2) is 4.98 Å². The third-order valence-corrected chi connectivity index (χ3v) is 2.69. The molecule has 0 unspecified atom stereocenters. The van der Waals surface area contributed by atoms with Gasteiger partial charge in [-0.3, -0.25) is 4.98 Å². The number of nitrogens with two attached hydrogens (primary N) is 1. The van der Waals surface area contributed by atoms with Crippen LogP contribution in [0.3, 0.4) is 0 Å². The van der Waals surface area contributed by atoms with Gasteiger partial charge < -0.3 is 5.73 Å². The summed E-state index contributed by atoms with van der Waals surface area (Å²) < 4.78 is 0. The lowest BCUT2D eigenvalue weighted by Crippen LogP contribution is -1.89. The minimum atomic E-state index is 0.584. The zero-order chi connectivity index (χ0) is 10.8. The van der Waals surface area contributed by atoms with E-state index in [-0.39, 0.29) is 0 Å². The highest BCUT2D eigenvalue weighted by Gasteiger charge is 2.03. The summed E-state index contributed by atoms with van der Waals surface area (Å²) in [6.07, 6.45) is 3.61. The first-order valence-corrected chi connectivity index (χ1v) is 5.02. The molecule has 0 aliphatic rings. The molecular formula is C12H11ClN2. The van der Waals surface area contributed by atoms with E-state index in [1.165, 1.54) is 5.56 Å². The minimum absolute atomic E-state index is 0.584. The zero-order valence-corrected chi connectivity index (χ0v) is 9.12. The molecule has 0 fully saturated rings. The molecule has 2 N–H and O–H groups in total. The van der Waals surface area contributed by atoms with Gasteiger partial charge in [0.2, 0.25) is 0 Å². The van der Waals surface area contributed by atoms with E-state index < -0.39 is 0 Å². The summed E-state index contributed by atoms with van der Waals surface area (Å²) in [5.74, 6) is 0. The summed E-state index contributed by atoms with van der Waals surface area (Å²) in [5.41, 5.74) is 9.65. The molecule has 2 aromatic rings. The fourth-order valence-corrected chi connectivity index (χ4v) is 1.60. The maximum Gasteiger partial charge on any atom is 0.0635 e. The summed E-state index contributed by atoms with van der Waals surface area (Å²) in [6.45, 7) is 2.04. The molecule has 76 valence electrons. The third-order valence-electron chi connectivity index (χ3n) is 2.35. The Morgan fingerprint density at radius 2 is 2.07 bits per heavy atom. The van der Waals surface area contributed by atoms with Gasteiger partial charge in [0.1, 0.15) is 0 Å². The number of benzene rings is 1. The van der Waals surface area contributed by atoms with Crippen molar-refractivity contribution >= 4 is 17.3 Å². The Hall–Kier alpha value is -1.54. The van der Waals surface area contributed by atoms with E-state index in [1.54, 1.807) is 12.3 Å². The lowest BCUT2D eigenvalue weighted by Gasteiger charge is -2.06. The van der Waals surface area contributed by atoms with Crippen LogP contribution in [0.2, 0.25) is 5.02 Å². The van der Waals surface area contributed by atoms with Gasteiger partial charge >= 0.3 is 0 Å². The van der Waals surface area contributed by atoms with E-state index >= 15 is 0 Å². The fraction of sp³-hybridized carbons (Fsp3) is 0.0833. The van der Waals surface area contributed by atoms with Crippen LogP contribution in [0, 0.1) is 6.92 Å². The van der Waals surface area contributed by atoms with E-state index in [1.807, 2.05) is 31.3 Å². The quantitative estimate of drug-likeness (QED) is 0.746. The molecule has 1 aromatic heterocycles. The lowest BCUT2D eigenvalue weighted by molar-refractivity contribution is 1.29. The lowest BCUT2D eigenvalue weighted by atomic mass is 10.0. The Bertz CT molecular complexity index is 495. The van der Waals surface area contributed by atoms with Crippen molar-refractivity contribution in [1.29, 1.82) is 0 Å². The number of nitrogen functional groups attached to an aromatic ring is 1. The normalized spacial score (nSPS) is 10.3. The van der Waals surface area contributed by atoms with Gasteiger partial charge in [-0.05, 0) is 36.2 Å².